The van der Waals surface area contributed by atoms with Crippen molar-refractivity contribution in [3.05, 3.63) is 51.2 Å². The number of hydrogen-bond donors (Lipinski definition) is 0. The Bertz CT molecular complexity index is 831. The standard InChI is InChI=1S/C16H16ClNO3S2/c1-23(20,21)15-9-11(4-5-13(15)17)16(19)18-7-2-3-14(18)12-6-8-22-10-12/h4-6,8-10,14H,2-3,7H2,1H3. The van der Waals surface area contributed by atoms with Crippen LogP contribution in [0.15, 0.2) is 39.9 Å². The molecule has 1 aliphatic rings. The summed E-state index contributed by atoms with van der Waals surface area (Å²) < 4.78 is 23.6. The fourth-order valence-electron chi connectivity index (χ4n) is 2.91. The van der Waals surface area contributed by atoms with Crippen LogP contribution in [0.4, 0.5) is 0 Å². The summed E-state index contributed by atoms with van der Waals surface area (Å²) in [6.45, 7) is 0.677. The van der Waals surface area contributed by atoms with E-state index in [0.717, 1.165) is 24.7 Å². The normalized spacial score (nSPS) is 18.3. The van der Waals surface area contributed by atoms with Crippen molar-refractivity contribution in [3.8, 4) is 0 Å². The summed E-state index contributed by atoms with van der Waals surface area (Å²) >= 11 is 7.56. The Morgan fingerprint density at radius 1 is 1.35 bits per heavy atom. The van der Waals surface area contributed by atoms with Gasteiger partial charge in [0.05, 0.1) is 16.0 Å². The van der Waals surface area contributed by atoms with Gasteiger partial charge in [0.15, 0.2) is 9.84 Å². The number of hydrogen-bond acceptors (Lipinski definition) is 4. The van der Waals surface area contributed by atoms with Gasteiger partial charge in [-0.05, 0) is 53.4 Å². The summed E-state index contributed by atoms with van der Waals surface area (Å²) in [7, 11) is -3.47. The molecule has 0 radical (unpaired) electrons. The number of thiophene rings is 1. The molecule has 1 aliphatic heterocycles. The van der Waals surface area contributed by atoms with Crippen LogP contribution in [-0.2, 0) is 9.84 Å². The minimum atomic E-state index is -3.47. The molecular weight excluding hydrogens is 354 g/mol. The van der Waals surface area contributed by atoms with Crippen LogP contribution in [0, 0.1) is 0 Å². The molecule has 0 saturated carbocycles. The Kier molecular flexibility index (Phi) is 4.49. The largest absolute Gasteiger partial charge is 0.332 e. The predicted molar refractivity (Wildman–Crippen MR) is 91.9 cm³/mol. The van der Waals surface area contributed by atoms with Crippen molar-refractivity contribution in [1.82, 2.24) is 4.90 Å². The highest BCUT2D eigenvalue weighted by atomic mass is 35.5. The first-order valence-electron chi connectivity index (χ1n) is 7.20. The van der Waals surface area contributed by atoms with E-state index >= 15 is 0 Å². The maximum atomic E-state index is 12.8. The van der Waals surface area contributed by atoms with Gasteiger partial charge in [0.2, 0.25) is 0 Å². The predicted octanol–water partition coefficient (Wildman–Crippen LogP) is 3.78. The lowest BCUT2D eigenvalue weighted by Crippen LogP contribution is -2.30. The van der Waals surface area contributed by atoms with Gasteiger partial charge in [0.1, 0.15) is 0 Å². The quantitative estimate of drug-likeness (QED) is 0.827. The Morgan fingerprint density at radius 3 is 2.78 bits per heavy atom. The molecule has 1 aromatic carbocycles. The van der Waals surface area contributed by atoms with Crippen LogP contribution >= 0.6 is 22.9 Å². The van der Waals surface area contributed by atoms with E-state index in [2.05, 4.69) is 5.38 Å². The summed E-state index contributed by atoms with van der Waals surface area (Å²) in [5, 5.41) is 4.19. The molecule has 0 aliphatic carbocycles. The minimum absolute atomic E-state index is 0.00343. The lowest BCUT2D eigenvalue weighted by molar-refractivity contribution is 0.0735. The Morgan fingerprint density at radius 2 is 2.13 bits per heavy atom. The van der Waals surface area contributed by atoms with Gasteiger partial charge in [-0.15, -0.1) is 0 Å². The first-order valence-corrected chi connectivity index (χ1v) is 10.4. The molecule has 1 fully saturated rings. The number of sulfone groups is 1. The Balaban J connectivity index is 1.94. The molecule has 23 heavy (non-hydrogen) atoms. The molecule has 2 heterocycles. The van der Waals surface area contributed by atoms with Gasteiger partial charge in [-0.25, -0.2) is 8.42 Å². The molecule has 1 atom stereocenters. The van der Waals surface area contributed by atoms with Crippen LogP contribution in [0.5, 0.6) is 0 Å². The number of nitrogens with zero attached hydrogens (tertiary/aromatic N) is 1. The van der Waals surface area contributed by atoms with E-state index in [1.807, 2.05) is 16.3 Å². The van der Waals surface area contributed by atoms with E-state index < -0.39 is 9.84 Å². The summed E-state index contributed by atoms with van der Waals surface area (Å²) in [6, 6.07) is 6.53. The second kappa shape index (κ2) is 6.26. The number of likely N-dealkylation sites (tertiary alicyclic amines) is 1. The number of amides is 1. The third-order valence-electron chi connectivity index (χ3n) is 4.02. The lowest BCUT2D eigenvalue weighted by atomic mass is 10.1. The van der Waals surface area contributed by atoms with Crippen molar-refractivity contribution in [3.63, 3.8) is 0 Å². The molecular formula is C16H16ClNO3S2. The topological polar surface area (TPSA) is 54.5 Å². The average molecular weight is 370 g/mol. The second-order valence-electron chi connectivity index (χ2n) is 5.63. The number of benzene rings is 1. The zero-order chi connectivity index (χ0) is 16.6. The SMILES string of the molecule is CS(=O)(=O)c1cc(C(=O)N2CCCC2c2ccsc2)ccc1Cl. The Labute approximate surface area is 144 Å². The molecule has 0 spiro atoms. The first-order chi connectivity index (χ1) is 10.9. The monoisotopic (exact) mass is 369 g/mol. The van der Waals surface area contributed by atoms with Gasteiger partial charge in [0.25, 0.3) is 5.91 Å². The highest BCUT2D eigenvalue weighted by Gasteiger charge is 2.31. The number of carbonyl (C=O) groups excluding carboxylic acids is 1. The molecule has 0 bridgehead atoms. The lowest BCUT2D eigenvalue weighted by Gasteiger charge is -2.24. The molecule has 0 N–H and O–H groups in total. The zero-order valence-electron chi connectivity index (χ0n) is 12.5. The van der Waals surface area contributed by atoms with Gasteiger partial charge < -0.3 is 4.90 Å². The molecule has 7 heteroatoms. The van der Waals surface area contributed by atoms with Crippen molar-refractivity contribution in [2.45, 2.75) is 23.8 Å². The maximum Gasteiger partial charge on any atom is 0.254 e. The second-order valence-corrected chi connectivity index (χ2v) is 8.80. The van der Waals surface area contributed by atoms with Crippen LogP contribution in [0.1, 0.15) is 34.8 Å². The average Bonchev–Trinajstić information content (AvgIpc) is 3.16. The van der Waals surface area contributed by atoms with Crippen LogP contribution in [0.2, 0.25) is 5.02 Å². The highest BCUT2D eigenvalue weighted by molar-refractivity contribution is 7.90. The van der Waals surface area contributed by atoms with Crippen molar-refractivity contribution in [2.24, 2.45) is 0 Å². The third kappa shape index (κ3) is 3.29. The van der Waals surface area contributed by atoms with E-state index in [1.165, 1.54) is 12.1 Å². The fraction of sp³-hybridized carbons (Fsp3) is 0.312. The number of rotatable bonds is 3. The fourth-order valence-corrected chi connectivity index (χ4v) is 4.92. The van der Waals surface area contributed by atoms with Crippen molar-refractivity contribution >= 4 is 38.7 Å². The summed E-state index contributed by atoms with van der Waals surface area (Å²) in [6.07, 6.45) is 2.96. The van der Waals surface area contributed by atoms with Gasteiger partial charge in [-0.2, -0.15) is 11.3 Å². The van der Waals surface area contributed by atoms with E-state index in [-0.39, 0.29) is 21.9 Å². The van der Waals surface area contributed by atoms with E-state index in [1.54, 1.807) is 17.4 Å². The maximum absolute atomic E-state index is 12.8. The Hall–Kier alpha value is -1.37. The molecule has 1 saturated heterocycles. The minimum Gasteiger partial charge on any atom is -0.332 e. The number of halogens is 1. The van der Waals surface area contributed by atoms with Crippen molar-refractivity contribution < 1.29 is 13.2 Å². The van der Waals surface area contributed by atoms with Crippen LogP contribution in [0.3, 0.4) is 0 Å². The first kappa shape index (κ1) is 16.5. The summed E-state index contributed by atoms with van der Waals surface area (Å²) in [5.41, 5.74) is 1.50. The van der Waals surface area contributed by atoms with Crippen LogP contribution in [0.25, 0.3) is 0 Å². The molecule has 1 amide bonds. The molecule has 122 valence electrons. The molecule has 1 unspecified atom stereocenters. The van der Waals surface area contributed by atoms with Gasteiger partial charge in [-0.3, -0.25) is 4.79 Å². The summed E-state index contributed by atoms with van der Waals surface area (Å²) in [5.74, 6) is -0.153. The molecule has 4 nitrogen and oxygen atoms in total. The zero-order valence-corrected chi connectivity index (χ0v) is 14.9. The number of carbonyl (C=O) groups is 1. The van der Waals surface area contributed by atoms with Crippen LogP contribution < -0.4 is 0 Å². The third-order valence-corrected chi connectivity index (χ3v) is 6.30. The van der Waals surface area contributed by atoms with E-state index in [4.69, 9.17) is 11.6 Å². The van der Waals surface area contributed by atoms with E-state index in [0.29, 0.717) is 12.1 Å². The van der Waals surface area contributed by atoms with Gasteiger partial charge in [-0.1, -0.05) is 11.6 Å². The molecule has 3 rings (SSSR count). The van der Waals surface area contributed by atoms with Crippen molar-refractivity contribution in [2.75, 3.05) is 12.8 Å². The highest BCUT2D eigenvalue weighted by Crippen LogP contribution is 2.34. The van der Waals surface area contributed by atoms with E-state index in [9.17, 15) is 13.2 Å². The van der Waals surface area contributed by atoms with Gasteiger partial charge >= 0.3 is 0 Å². The molecule has 2 aromatic rings. The summed E-state index contributed by atoms with van der Waals surface area (Å²) in [4.78, 5) is 14.6. The van der Waals surface area contributed by atoms with Crippen molar-refractivity contribution in [1.29, 1.82) is 0 Å². The smallest absolute Gasteiger partial charge is 0.254 e. The molecule has 1 aromatic heterocycles. The van der Waals surface area contributed by atoms with Crippen LogP contribution in [-0.4, -0.2) is 32.0 Å². The van der Waals surface area contributed by atoms with Gasteiger partial charge in [0, 0.05) is 18.4 Å².